The summed E-state index contributed by atoms with van der Waals surface area (Å²) in [6.07, 6.45) is 2.69. The van der Waals surface area contributed by atoms with E-state index in [9.17, 15) is 14.9 Å². The first-order valence-electron chi connectivity index (χ1n) is 5.42. The number of esters is 1. The molecule has 0 atom stereocenters. The second-order valence-electron chi connectivity index (χ2n) is 3.52. The minimum atomic E-state index is -0.647. The Kier molecular flexibility index (Phi) is 3.43. The highest BCUT2D eigenvalue weighted by Gasteiger charge is 2.14. The summed E-state index contributed by atoms with van der Waals surface area (Å²) >= 11 is 0. The van der Waals surface area contributed by atoms with Crippen molar-refractivity contribution in [1.29, 1.82) is 0 Å². The lowest BCUT2D eigenvalue weighted by atomic mass is 10.2. The molecule has 7 heteroatoms. The highest BCUT2D eigenvalue weighted by atomic mass is 16.6. The SMILES string of the molecule is CCOC(=O)C#Cc1cnc2[nH]cc([N+](=O)[O-])c2c1. The lowest BCUT2D eigenvalue weighted by Gasteiger charge is -1.93. The number of carbonyl (C=O) groups is 1. The van der Waals surface area contributed by atoms with Crippen LogP contribution in [0.25, 0.3) is 11.0 Å². The van der Waals surface area contributed by atoms with Crippen LogP contribution in [0.2, 0.25) is 0 Å². The van der Waals surface area contributed by atoms with Crippen LogP contribution < -0.4 is 0 Å². The number of hydrogen-bond acceptors (Lipinski definition) is 5. The summed E-state index contributed by atoms with van der Waals surface area (Å²) in [5.74, 6) is 4.18. The second-order valence-corrected chi connectivity index (χ2v) is 3.52. The molecule has 7 nitrogen and oxygen atoms in total. The number of aromatic amines is 1. The summed E-state index contributed by atoms with van der Waals surface area (Å²) in [5, 5.41) is 11.1. The molecule has 19 heavy (non-hydrogen) atoms. The van der Waals surface area contributed by atoms with E-state index in [2.05, 4.69) is 26.5 Å². The first kappa shape index (κ1) is 12.6. The number of nitrogens with one attached hydrogen (secondary N) is 1. The van der Waals surface area contributed by atoms with Gasteiger partial charge in [-0.25, -0.2) is 9.78 Å². The van der Waals surface area contributed by atoms with Crippen LogP contribution in [-0.4, -0.2) is 27.5 Å². The average Bonchev–Trinajstić information content (AvgIpc) is 2.79. The zero-order chi connectivity index (χ0) is 13.8. The Balaban J connectivity index is 2.38. The molecule has 2 heterocycles. The van der Waals surface area contributed by atoms with Gasteiger partial charge in [-0.1, -0.05) is 5.92 Å². The van der Waals surface area contributed by atoms with Gasteiger partial charge in [-0.05, 0) is 13.0 Å². The van der Waals surface area contributed by atoms with Crippen molar-refractivity contribution in [3.05, 3.63) is 34.1 Å². The van der Waals surface area contributed by atoms with E-state index in [0.717, 1.165) is 0 Å². The molecule has 0 saturated heterocycles. The van der Waals surface area contributed by atoms with Gasteiger partial charge in [0.25, 0.3) is 5.69 Å². The van der Waals surface area contributed by atoms with Gasteiger partial charge in [-0.2, -0.15) is 0 Å². The Bertz CT molecular complexity index is 709. The van der Waals surface area contributed by atoms with Gasteiger partial charge < -0.3 is 9.72 Å². The zero-order valence-electron chi connectivity index (χ0n) is 9.97. The second kappa shape index (κ2) is 5.18. The largest absolute Gasteiger partial charge is 0.456 e. The van der Waals surface area contributed by atoms with Gasteiger partial charge in [0.15, 0.2) is 0 Å². The van der Waals surface area contributed by atoms with Gasteiger partial charge in [0.1, 0.15) is 5.65 Å². The maximum Gasteiger partial charge on any atom is 0.384 e. The van der Waals surface area contributed by atoms with Gasteiger partial charge in [0.05, 0.1) is 23.1 Å². The molecule has 0 amide bonds. The highest BCUT2D eigenvalue weighted by molar-refractivity contribution is 5.90. The molecule has 0 radical (unpaired) electrons. The molecule has 0 spiro atoms. The Morgan fingerprint density at radius 1 is 1.63 bits per heavy atom. The Morgan fingerprint density at radius 3 is 3.11 bits per heavy atom. The van der Waals surface area contributed by atoms with Crippen LogP contribution in [0.15, 0.2) is 18.5 Å². The van der Waals surface area contributed by atoms with Crippen molar-refractivity contribution in [2.24, 2.45) is 0 Å². The predicted molar refractivity (Wildman–Crippen MR) is 66.3 cm³/mol. The Morgan fingerprint density at radius 2 is 2.42 bits per heavy atom. The molecule has 1 N–H and O–H groups in total. The number of rotatable bonds is 2. The van der Waals surface area contributed by atoms with Crippen LogP contribution in [0.5, 0.6) is 0 Å². The van der Waals surface area contributed by atoms with Crippen LogP contribution in [0.1, 0.15) is 12.5 Å². The van der Waals surface area contributed by atoms with Crippen molar-refractivity contribution in [3.63, 3.8) is 0 Å². The maximum absolute atomic E-state index is 11.1. The molecule has 0 aliphatic rings. The fourth-order valence-electron chi connectivity index (χ4n) is 1.50. The lowest BCUT2D eigenvalue weighted by Crippen LogP contribution is -1.99. The number of carbonyl (C=O) groups excluding carboxylic acids is 1. The molecule has 2 aromatic heterocycles. The van der Waals surface area contributed by atoms with E-state index in [4.69, 9.17) is 0 Å². The molecule has 0 unspecified atom stereocenters. The molecule has 96 valence electrons. The third-order valence-electron chi connectivity index (χ3n) is 2.29. The van der Waals surface area contributed by atoms with E-state index in [1.165, 1.54) is 18.5 Å². The monoisotopic (exact) mass is 259 g/mol. The van der Waals surface area contributed by atoms with Crippen molar-refractivity contribution >= 4 is 22.7 Å². The highest BCUT2D eigenvalue weighted by Crippen LogP contribution is 2.23. The van der Waals surface area contributed by atoms with Crippen molar-refractivity contribution < 1.29 is 14.5 Å². The van der Waals surface area contributed by atoms with E-state index in [0.29, 0.717) is 16.6 Å². The fraction of sp³-hybridized carbons (Fsp3) is 0.167. The number of fused-ring (bicyclic) bond motifs is 1. The minimum Gasteiger partial charge on any atom is -0.456 e. The standard InChI is InChI=1S/C12H9N3O4/c1-2-19-11(16)4-3-8-5-9-10(15(17)18)7-14-12(9)13-6-8/h5-7H,2H2,1H3,(H,13,14). The van der Waals surface area contributed by atoms with Gasteiger partial charge in [-0.3, -0.25) is 10.1 Å². The smallest absolute Gasteiger partial charge is 0.384 e. The van der Waals surface area contributed by atoms with E-state index < -0.39 is 10.9 Å². The van der Waals surface area contributed by atoms with E-state index in [-0.39, 0.29) is 12.3 Å². The number of H-pyrrole nitrogens is 1. The zero-order valence-corrected chi connectivity index (χ0v) is 9.97. The maximum atomic E-state index is 11.1. The summed E-state index contributed by atoms with van der Waals surface area (Å²) in [6, 6.07) is 1.50. The molecule has 0 saturated carbocycles. The Labute approximate surface area is 107 Å². The number of pyridine rings is 1. The van der Waals surface area contributed by atoms with Gasteiger partial charge >= 0.3 is 5.97 Å². The summed E-state index contributed by atoms with van der Waals surface area (Å²) in [6.45, 7) is 1.92. The van der Waals surface area contributed by atoms with Gasteiger partial charge in [0, 0.05) is 17.7 Å². The van der Waals surface area contributed by atoms with Crippen LogP contribution in [0.3, 0.4) is 0 Å². The molecule has 0 fully saturated rings. The average molecular weight is 259 g/mol. The first-order valence-corrected chi connectivity index (χ1v) is 5.42. The van der Waals surface area contributed by atoms with Crippen LogP contribution in [0, 0.1) is 22.0 Å². The van der Waals surface area contributed by atoms with Crippen molar-refractivity contribution in [1.82, 2.24) is 9.97 Å². The third-order valence-corrected chi connectivity index (χ3v) is 2.29. The van der Waals surface area contributed by atoms with Gasteiger partial charge in [0.2, 0.25) is 0 Å². The van der Waals surface area contributed by atoms with Crippen molar-refractivity contribution in [2.45, 2.75) is 6.92 Å². The number of nitrogens with zero attached hydrogens (tertiary/aromatic N) is 2. The normalized spacial score (nSPS) is 9.74. The van der Waals surface area contributed by atoms with E-state index in [1.807, 2.05) is 0 Å². The van der Waals surface area contributed by atoms with Crippen LogP contribution in [-0.2, 0) is 9.53 Å². The minimum absolute atomic E-state index is 0.0812. The third kappa shape index (κ3) is 2.69. The summed E-state index contributed by atoms with van der Waals surface area (Å²) in [4.78, 5) is 28.0. The van der Waals surface area contributed by atoms with E-state index in [1.54, 1.807) is 6.92 Å². The lowest BCUT2D eigenvalue weighted by molar-refractivity contribution is -0.383. The Hall–Kier alpha value is -2.88. The number of ether oxygens (including phenoxy) is 1. The molecule has 2 rings (SSSR count). The van der Waals surface area contributed by atoms with Crippen molar-refractivity contribution in [3.8, 4) is 11.8 Å². The van der Waals surface area contributed by atoms with Crippen LogP contribution >= 0.6 is 0 Å². The fourth-order valence-corrected chi connectivity index (χ4v) is 1.50. The quantitative estimate of drug-likeness (QED) is 0.380. The molecule has 2 aromatic rings. The van der Waals surface area contributed by atoms with Gasteiger partial charge in [-0.15, -0.1) is 0 Å². The molecular weight excluding hydrogens is 250 g/mol. The topological polar surface area (TPSA) is 98.1 Å². The number of nitro groups is 1. The number of aromatic nitrogens is 2. The number of hydrogen-bond donors (Lipinski definition) is 1. The summed E-state index contributed by atoms with van der Waals surface area (Å²) < 4.78 is 4.65. The molecule has 0 bridgehead atoms. The summed E-state index contributed by atoms with van der Waals surface area (Å²) in [5.41, 5.74) is 0.721. The summed E-state index contributed by atoms with van der Waals surface area (Å²) in [7, 11) is 0. The predicted octanol–water partition coefficient (Wildman–Crippen LogP) is 1.39. The molecular formula is C12H9N3O4. The molecule has 0 aliphatic carbocycles. The van der Waals surface area contributed by atoms with E-state index >= 15 is 0 Å². The first-order chi connectivity index (χ1) is 9.11. The molecule has 0 aliphatic heterocycles. The van der Waals surface area contributed by atoms with Crippen molar-refractivity contribution in [2.75, 3.05) is 6.61 Å². The van der Waals surface area contributed by atoms with Crippen LogP contribution in [0.4, 0.5) is 5.69 Å². The molecule has 0 aromatic carbocycles.